The van der Waals surface area contributed by atoms with Crippen molar-refractivity contribution >= 4 is 23.5 Å². The zero-order chi connectivity index (χ0) is 25.2. The summed E-state index contributed by atoms with van der Waals surface area (Å²) in [5, 5.41) is 10.6. The van der Waals surface area contributed by atoms with E-state index >= 15 is 0 Å². The summed E-state index contributed by atoms with van der Waals surface area (Å²) in [6.07, 6.45) is -6.59. The highest BCUT2D eigenvalue weighted by atomic mass is 31.3. The fourth-order valence-corrected chi connectivity index (χ4v) is 5.86. The molecule has 8 N–H and O–H groups in total. The van der Waals surface area contributed by atoms with Crippen LogP contribution in [0.3, 0.4) is 0 Å². The average Bonchev–Trinajstić information content (AvgIpc) is 2.92. The number of aromatic amines is 1. The van der Waals surface area contributed by atoms with Gasteiger partial charge in [-0.05, 0) is 0 Å². The Hall–Kier alpha value is -1.33. The predicted molar refractivity (Wildman–Crippen MR) is 104 cm³/mol. The SMILES string of the molecule is C=CCOC(N)[C@H]1O[C@@H](n2ccc(=O)[nH]c2=O)[C@H](O)[C@@H]1OP(=O)(O)OP(=O)(O)OP(=O)(O)O. The first-order chi connectivity index (χ1) is 15.1. The number of hydrogen-bond donors (Lipinski definition) is 7. The Bertz CT molecular complexity index is 1110. The van der Waals surface area contributed by atoms with Crippen LogP contribution in [-0.2, 0) is 36.3 Å². The zero-order valence-electron chi connectivity index (χ0n) is 16.2. The van der Waals surface area contributed by atoms with Crippen molar-refractivity contribution in [1.29, 1.82) is 0 Å². The maximum Gasteiger partial charge on any atom is 0.490 e. The van der Waals surface area contributed by atoms with Gasteiger partial charge in [-0.2, -0.15) is 8.62 Å². The number of phosphoric acid groups is 3. The highest BCUT2D eigenvalue weighted by Gasteiger charge is 2.53. The van der Waals surface area contributed by atoms with Crippen LogP contribution in [-0.4, -0.2) is 65.4 Å². The monoisotopic (exact) mass is 539 g/mol. The van der Waals surface area contributed by atoms with Crippen LogP contribution in [0.2, 0.25) is 0 Å². The van der Waals surface area contributed by atoms with Crippen molar-refractivity contribution in [2.75, 3.05) is 6.61 Å². The second-order valence-corrected chi connectivity index (χ2v) is 10.6. The van der Waals surface area contributed by atoms with Gasteiger partial charge < -0.3 is 39.9 Å². The third-order valence-corrected chi connectivity index (χ3v) is 7.61. The van der Waals surface area contributed by atoms with Gasteiger partial charge in [-0.25, -0.2) is 18.5 Å². The normalized spacial score (nSPS) is 28.1. The van der Waals surface area contributed by atoms with E-state index in [-0.39, 0.29) is 6.61 Å². The molecule has 21 heteroatoms. The minimum absolute atomic E-state index is 0.164. The molecule has 7 atom stereocenters. The summed E-state index contributed by atoms with van der Waals surface area (Å²) < 4.78 is 57.6. The van der Waals surface area contributed by atoms with Crippen LogP contribution < -0.4 is 17.0 Å². The van der Waals surface area contributed by atoms with E-state index in [1.54, 1.807) is 0 Å². The van der Waals surface area contributed by atoms with Crippen molar-refractivity contribution in [2.24, 2.45) is 5.73 Å². The Morgan fingerprint density at radius 2 is 1.85 bits per heavy atom. The summed E-state index contributed by atoms with van der Waals surface area (Å²) in [6.45, 7) is 3.22. The van der Waals surface area contributed by atoms with E-state index in [1.807, 2.05) is 4.98 Å². The summed E-state index contributed by atoms with van der Waals surface area (Å²) in [7, 11) is -17.2. The number of hydrogen-bond acceptors (Lipinski definition) is 12. The van der Waals surface area contributed by atoms with E-state index in [2.05, 4.69) is 19.7 Å². The van der Waals surface area contributed by atoms with Gasteiger partial charge in [0.25, 0.3) is 5.56 Å². The van der Waals surface area contributed by atoms with Crippen molar-refractivity contribution in [1.82, 2.24) is 9.55 Å². The van der Waals surface area contributed by atoms with Crippen molar-refractivity contribution in [3.8, 4) is 0 Å². The lowest BCUT2D eigenvalue weighted by atomic mass is 10.1. The molecule has 1 saturated heterocycles. The Morgan fingerprint density at radius 3 is 2.39 bits per heavy atom. The molecule has 188 valence electrons. The number of nitrogens with zero attached hydrogens (tertiary/aromatic N) is 1. The Labute approximate surface area is 183 Å². The molecule has 0 amide bonds. The second-order valence-electron chi connectivity index (χ2n) is 6.25. The van der Waals surface area contributed by atoms with Gasteiger partial charge in [0.1, 0.15) is 24.5 Å². The highest BCUT2D eigenvalue weighted by Crippen LogP contribution is 2.67. The second kappa shape index (κ2) is 10.5. The zero-order valence-corrected chi connectivity index (χ0v) is 18.9. The molecule has 0 aromatic carbocycles. The molecule has 3 unspecified atom stereocenters. The van der Waals surface area contributed by atoms with Gasteiger partial charge in [0.2, 0.25) is 0 Å². The molecule has 33 heavy (non-hydrogen) atoms. The van der Waals surface area contributed by atoms with Gasteiger partial charge in [-0.3, -0.25) is 18.9 Å². The lowest BCUT2D eigenvalue weighted by Crippen LogP contribution is -2.46. The average molecular weight is 539 g/mol. The van der Waals surface area contributed by atoms with Gasteiger partial charge in [-0.1, -0.05) is 6.08 Å². The first kappa shape index (κ1) is 27.9. The molecule has 1 aromatic heterocycles. The number of nitrogens with two attached hydrogens (primary N) is 1. The smallest absolute Gasteiger partial charge is 0.386 e. The molecule has 0 radical (unpaired) electrons. The fourth-order valence-electron chi connectivity index (χ4n) is 2.65. The van der Waals surface area contributed by atoms with Crippen LogP contribution in [0.5, 0.6) is 0 Å². The maximum absolute atomic E-state index is 12.2. The van der Waals surface area contributed by atoms with Crippen LogP contribution in [0.15, 0.2) is 34.5 Å². The van der Waals surface area contributed by atoms with Gasteiger partial charge in [0.05, 0.1) is 6.61 Å². The van der Waals surface area contributed by atoms with Crippen molar-refractivity contribution < 1.29 is 61.0 Å². The molecular formula is C12H20N3O15P3. The van der Waals surface area contributed by atoms with Gasteiger partial charge in [0.15, 0.2) is 6.23 Å². The fraction of sp³-hybridized carbons (Fsp3) is 0.500. The third-order valence-electron chi connectivity index (χ3n) is 3.78. The van der Waals surface area contributed by atoms with E-state index in [9.17, 15) is 38.2 Å². The predicted octanol–water partition coefficient (Wildman–Crippen LogP) is -2.01. The van der Waals surface area contributed by atoms with Gasteiger partial charge in [-0.15, -0.1) is 6.58 Å². The lowest BCUT2D eigenvalue weighted by Gasteiger charge is -2.26. The van der Waals surface area contributed by atoms with Crippen LogP contribution in [0.4, 0.5) is 0 Å². The molecule has 0 spiro atoms. The first-order valence-electron chi connectivity index (χ1n) is 8.50. The summed E-state index contributed by atoms with van der Waals surface area (Å²) in [6, 6.07) is 0.899. The Balaban J connectivity index is 2.35. The lowest BCUT2D eigenvalue weighted by molar-refractivity contribution is -0.101. The Kier molecular flexibility index (Phi) is 8.89. The van der Waals surface area contributed by atoms with E-state index in [0.29, 0.717) is 4.57 Å². The molecule has 18 nitrogen and oxygen atoms in total. The number of aliphatic hydroxyl groups is 1. The van der Waals surface area contributed by atoms with Crippen LogP contribution in [0.25, 0.3) is 0 Å². The molecule has 1 aliphatic rings. The summed E-state index contributed by atoms with van der Waals surface area (Å²) in [5.74, 6) is 0. The highest BCUT2D eigenvalue weighted by molar-refractivity contribution is 7.66. The molecule has 1 aromatic rings. The largest absolute Gasteiger partial charge is 0.490 e. The van der Waals surface area contributed by atoms with E-state index < -0.39 is 65.5 Å². The molecule has 2 heterocycles. The number of phosphoric ester groups is 1. The van der Waals surface area contributed by atoms with Gasteiger partial charge in [0, 0.05) is 12.3 Å². The number of H-pyrrole nitrogens is 1. The summed E-state index contributed by atoms with van der Waals surface area (Å²) in [4.78, 5) is 61.5. The number of nitrogens with one attached hydrogen (secondary N) is 1. The number of ether oxygens (including phenoxy) is 2. The Morgan fingerprint density at radius 1 is 1.21 bits per heavy atom. The first-order valence-corrected chi connectivity index (χ1v) is 13.0. The molecule has 0 aliphatic carbocycles. The number of aliphatic hydroxyl groups excluding tert-OH is 1. The van der Waals surface area contributed by atoms with Crippen molar-refractivity contribution in [2.45, 2.75) is 30.8 Å². The minimum Gasteiger partial charge on any atom is -0.386 e. The van der Waals surface area contributed by atoms with Crippen LogP contribution in [0.1, 0.15) is 6.23 Å². The molecule has 0 bridgehead atoms. The van der Waals surface area contributed by atoms with Gasteiger partial charge >= 0.3 is 29.2 Å². The molecule has 1 aliphatic heterocycles. The third kappa shape index (κ3) is 7.85. The summed E-state index contributed by atoms with van der Waals surface area (Å²) >= 11 is 0. The quantitative estimate of drug-likeness (QED) is 0.0909. The molecule has 0 saturated carbocycles. The van der Waals surface area contributed by atoms with Crippen molar-refractivity contribution in [3.63, 3.8) is 0 Å². The van der Waals surface area contributed by atoms with E-state index in [0.717, 1.165) is 12.3 Å². The van der Waals surface area contributed by atoms with Crippen LogP contribution in [0, 0.1) is 0 Å². The van der Waals surface area contributed by atoms with E-state index in [1.165, 1.54) is 6.08 Å². The molecular weight excluding hydrogens is 519 g/mol. The molecule has 1 fully saturated rings. The topological polar surface area (TPSA) is 279 Å². The molecule has 2 rings (SSSR count). The summed E-state index contributed by atoms with van der Waals surface area (Å²) in [5.41, 5.74) is 3.94. The number of aromatic nitrogens is 2. The minimum atomic E-state index is -5.85. The standard InChI is InChI=1S/C12H20N3O15P3/c1-2-5-26-10(13)9-8(28-32(22,23)30-33(24,25)29-31(19,20)21)7(17)11(27-9)15-4-3-6(16)14-12(15)18/h2-4,7-11,17H,1,5,13H2,(H,22,23)(H,24,25)(H,14,16,18)(H2,19,20,21)/t7-,8+,9+,10?,11-/m1/s1. The number of rotatable bonds is 11. The van der Waals surface area contributed by atoms with E-state index in [4.69, 9.17) is 25.0 Å². The van der Waals surface area contributed by atoms with Crippen LogP contribution >= 0.6 is 23.5 Å². The van der Waals surface area contributed by atoms with Crippen molar-refractivity contribution in [3.05, 3.63) is 45.8 Å². The maximum atomic E-state index is 12.2.